The van der Waals surface area contributed by atoms with Crippen LogP contribution in [0.5, 0.6) is 0 Å². The first kappa shape index (κ1) is 12.5. The number of morpholine rings is 1. The molecular weight excluding hydrogens is 214 g/mol. The number of ether oxygens (including phenoxy) is 1. The molecule has 0 N–H and O–H groups in total. The molecule has 0 radical (unpaired) electrons. The van der Waals surface area contributed by atoms with Crippen molar-refractivity contribution in [2.75, 3.05) is 32.8 Å². The topological polar surface area (TPSA) is 29.5 Å². The average molecular weight is 235 g/mol. The van der Waals surface area contributed by atoms with Crippen LogP contribution in [-0.4, -0.2) is 43.5 Å². The Hall–Kier alpha value is -0.930. The van der Waals surface area contributed by atoms with E-state index in [0.29, 0.717) is 0 Å². The Morgan fingerprint density at radius 2 is 2.12 bits per heavy atom. The summed E-state index contributed by atoms with van der Waals surface area (Å²) in [5, 5.41) is 0. The maximum Gasteiger partial charge on any atom is 0.181 e. The molecule has 0 unspecified atom stereocenters. The van der Waals surface area contributed by atoms with Crippen LogP contribution in [0.15, 0.2) is 23.8 Å². The summed E-state index contributed by atoms with van der Waals surface area (Å²) in [5.41, 5.74) is 0.983. The summed E-state index contributed by atoms with van der Waals surface area (Å²) >= 11 is 0. The maximum atomic E-state index is 11.3. The normalized spacial score (nSPS) is 23.8. The number of hydrogen-bond acceptors (Lipinski definition) is 3. The van der Waals surface area contributed by atoms with Gasteiger partial charge in [-0.15, -0.1) is 0 Å². The Morgan fingerprint density at radius 1 is 1.29 bits per heavy atom. The third-order valence-electron chi connectivity index (χ3n) is 3.35. The van der Waals surface area contributed by atoms with Crippen LogP contribution in [-0.2, 0) is 9.53 Å². The molecule has 2 rings (SSSR count). The lowest BCUT2D eigenvalue weighted by atomic mass is 10.1. The first-order valence-electron chi connectivity index (χ1n) is 6.56. The van der Waals surface area contributed by atoms with Crippen LogP contribution in [0.25, 0.3) is 0 Å². The lowest BCUT2D eigenvalue weighted by Crippen LogP contribution is -2.36. The minimum Gasteiger partial charge on any atom is -0.379 e. The predicted octanol–water partition coefficient (Wildman–Crippen LogP) is 1.94. The number of unbranched alkanes of at least 4 members (excludes halogenated alkanes) is 2. The van der Waals surface area contributed by atoms with Crippen LogP contribution in [0, 0.1) is 0 Å². The van der Waals surface area contributed by atoms with Gasteiger partial charge in [0, 0.05) is 13.1 Å². The zero-order valence-corrected chi connectivity index (χ0v) is 10.4. The Kier molecular flexibility index (Phi) is 4.95. The summed E-state index contributed by atoms with van der Waals surface area (Å²) in [7, 11) is 0. The van der Waals surface area contributed by atoms with Crippen molar-refractivity contribution >= 4 is 5.78 Å². The second kappa shape index (κ2) is 6.72. The molecule has 0 saturated carbocycles. The molecular formula is C14H21NO2. The van der Waals surface area contributed by atoms with E-state index in [9.17, 15) is 4.79 Å². The lowest BCUT2D eigenvalue weighted by Gasteiger charge is -2.26. The van der Waals surface area contributed by atoms with E-state index < -0.39 is 0 Å². The van der Waals surface area contributed by atoms with Gasteiger partial charge in [-0.25, -0.2) is 0 Å². The Balaban J connectivity index is 1.55. The second-order valence-electron chi connectivity index (χ2n) is 4.65. The fourth-order valence-corrected chi connectivity index (χ4v) is 2.27. The molecule has 17 heavy (non-hydrogen) atoms. The predicted molar refractivity (Wildman–Crippen MR) is 68.0 cm³/mol. The summed E-state index contributed by atoms with van der Waals surface area (Å²) in [4.78, 5) is 13.8. The fourth-order valence-electron chi connectivity index (χ4n) is 2.27. The number of carbonyl (C=O) groups excluding carboxylic acids is 1. The van der Waals surface area contributed by atoms with Crippen molar-refractivity contribution in [2.24, 2.45) is 0 Å². The van der Waals surface area contributed by atoms with E-state index in [1.165, 1.54) is 19.4 Å². The molecule has 1 aliphatic heterocycles. The van der Waals surface area contributed by atoms with Gasteiger partial charge < -0.3 is 4.74 Å². The molecule has 0 aromatic rings. The van der Waals surface area contributed by atoms with Gasteiger partial charge in [0.15, 0.2) is 5.78 Å². The first-order valence-corrected chi connectivity index (χ1v) is 6.56. The number of ketones is 1. The molecule has 1 aliphatic carbocycles. The van der Waals surface area contributed by atoms with Crippen molar-refractivity contribution < 1.29 is 9.53 Å². The van der Waals surface area contributed by atoms with Crippen LogP contribution in [0.1, 0.15) is 25.7 Å². The molecule has 1 saturated heterocycles. The molecule has 0 bridgehead atoms. The SMILES string of the molecule is O=C1C=CC/C1=C\CCCCN1CCOCC1. The van der Waals surface area contributed by atoms with E-state index in [2.05, 4.69) is 11.0 Å². The van der Waals surface area contributed by atoms with E-state index in [1.54, 1.807) is 6.08 Å². The summed E-state index contributed by atoms with van der Waals surface area (Å²) in [6.45, 7) is 5.07. The smallest absolute Gasteiger partial charge is 0.181 e. The lowest BCUT2D eigenvalue weighted by molar-refractivity contribution is -0.111. The fraction of sp³-hybridized carbons (Fsp3) is 0.643. The van der Waals surface area contributed by atoms with E-state index in [1.807, 2.05) is 6.08 Å². The number of allylic oxidation sites excluding steroid dienone is 4. The van der Waals surface area contributed by atoms with Crippen molar-refractivity contribution in [1.82, 2.24) is 4.90 Å². The molecule has 94 valence electrons. The highest BCUT2D eigenvalue weighted by molar-refractivity contribution is 6.06. The van der Waals surface area contributed by atoms with Gasteiger partial charge in [-0.3, -0.25) is 9.69 Å². The molecule has 1 heterocycles. The highest BCUT2D eigenvalue weighted by atomic mass is 16.5. The Bertz CT molecular complexity index is 314. The van der Waals surface area contributed by atoms with Crippen molar-refractivity contribution in [3.63, 3.8) is 0 Å². The number of hydrogen-bond donors (Lipinski definition) is 0. The molecule has 0 aromatic carbocycles. The van der Waals surface area contributed by atoms with E-state index >= 15 is 0 Å². The molecule has 0 amide bonds. The van der Waals surface area contributed by atoms with Gasteiger partial charge in [0.25, 0.3) is 0 Å². The van der Waals surface area contributed by atoms with Crippen molar-refractivity contribution in [2.45, 2.75) is 25.7 Å². The zero-order chi connectivity index (χ0) is 11.9. The van der Waals surface area contributed by atoms with Crippen LogP contribution in [0.4, 0.5) is 0 Å². The highest BCUT2D eigenvalue weighted by Gasteiger charge is 2.10. The zero-order valence-electron chi connectivity index (χ0n) is 10.4. The number of carbonyl (C=O) groups is 1. The Labute approximate surface area is 103 Å². The van der Waals surface area contributed by atoms with Crippen LogP contribution < -0.4 is 0 Å². The van der Waals surface area contributed by atoms with Crippen LogP contribution in [0.2, 0.25) is 0 Å². The third-order valence-corrected chi connectivity index (χ3v) is 3.35. The first-order chi connectivity index (χ1) is 8.36. The molecule has 0 atom stereocenters. The number of rotatable bonds is 5. The summed E-state index contributed by atoms with van der Waals surface area (Å²) < 4.78 is 5.31. The van der Waals surface area contributed by atoms with E-state index in [0.717, 1.165) is 44.7 Å². The van der Waals surface area contributed by atoms with Gasteiger partial charge in [-0.05, 0) is 43.9 Å². The highest BCUT2D eigenvalue weighted by Crippen LogP contribution is 2.14. The van der Waals surface area contributed by atoms with Crippen LogP contribution in [0.3, 0.4) is 0 Å². The summed E-state index contributed by atoms with van der Waals surface area (Å²) in [5.74, 6) is 0.207. The minimum atomic E-state index is 0.207. The van der Waals surface area contributed by atoms with Crippen molar-refractivity contribution in [1.29, 1.82) is 0 Å². The van der Waals surface area contributed by atoms with Gasteiger partial charge >= 0.3 is 0 Å². The monoisotopic (exact) mass is 235 g/mol. The molecule has 3 nitrogen and oxygen atoms in total. The maximum absolute atomic E-state index is 11.3. The summed E-state index contributed by atoms with van der Waals surface area (Å²) in [6, 6.07) is 0. The van der Waals surface area contributed by atoms with Crippen molar-refractivity contribution in [3.05, 3.63) is 23.8 Å². The molecule has 2 aliphatic rings. The van der Waals surface area contributed by atoms with Gasteiger partial charge in [0.2, 0.25) is 0 Å². The second-order valence-corrected chi connectivity index (χ2v) is 4.65. The molecule has 3 heteroatoms. The third kappa shape index (κ3) is 4.10. The van der Waals surface area contributed by atoms with E-state index in [4.69, 9.17) is 4.74 Å². The van der Waals surface area contributed by atoms with Crippen LogP contribution >= 0.6 is 0 Å². The largest absolute Gasteiger partial charge is 0.379 e. The van der Waals surface area contributed by atoms with Gasteiger partial charge in [-0.2, -0.15) is 0 Å². The molecule has 1 fully saturated rings. The standard InChI is InChI=1S/C14H21NO2/c16-14-7-4-6-13(14)5-2-1-3-8-15-9-11-17-12-10-15/h4-5,7H,1-3,6,8-12H2/b13-5+. The van der Waals surface area contributed by atoms with Gasteiger partial charge in [0.05, 0.1) is 13.2 Å². The van der Waals surface area contributed by atoms with Crippen molar-refractivity contribution in [3.8, 4) is 0 Å². The Morgan fingerprint density at radius 3 is 2.82 bits per heavy atom. The van der Waals surface area contributed by atoms with Gasteiger partial charge in [-0.1, -0.05) is 12.2 Å². The molecule has 0 spiro atoms. The molecule has 0 aromatic heterocycles. The van der Waals surface area contributed by atoms with Gasteiger partial charge in [0.1, 0.15) is 0 Å². The average Bonchev–Trinajstić information content (AvgIpc) is 2.76. The summed E-state index contributed by atoms with van der Waals surface area (Å²) in [6.07, 6.45) is 10.00. The number of nitrogens with zero attached hydrogens (tertiary/aromatic N) is 1. The van der Waals surface area contributed by atoms with E-state index in [-0.39, 0.29) is 5.78 Å². The quantitative estimate of drug-likeness (QED) is 0.539. The minimum absolute atomic E-state index is 0.207.